The molecule has 0 aliphatic rings. The van der Waals surface area contributed by atoms with Gasteiger partial charge in [0, 0.05) is 6.42 Å². The highest BCUT2D eigenvalue weighted by Crippen LogP contribution is 2.32. The SMILES string of the molecule is CC(C)CC(NC(=O)CCc1ccccc1O)c1cccc(C(F)(F)F)c1. The Morgan fingerprint density at radius 2 is 1.81 bits per heavy atom. The summed E-state index contributed by atoms with van der Waals surface area (Å²) in [6.45, 7) is 3.91. The molecule has 2 aromatic rings. The maximum atomic E-state index is 13.0. The molecule has 3 nitrogen and oxygen atoms in total. The number of aromatic hydroxyl groups is 1. The monoisotopic (exact) mass is 379 g/mol. The molecule has 0 bridgehead atoms. The van der Waals surface area contributed by atoms with Crippen molar-refractivity contribution in [3.8, 4) is 5.75 Å². The van der Waals surface area contributed by atoms with Gasteiger partial charge in [0.2, 0.25) is 5.91 Å². The van der Waals surface area contributed by atoms with Gasteiger partial charge in [-0.15, -0.1) is 0 Å². The van der Waals surface area contributed by atoms with Crippen molar-refractivity contribution < 1.29 is 23.1 Å². The fourth-order valence-corrected chi connectivity index (χ4v) is 2.92. The first-order valence-electron chi connectivity index (χ1n) is 8.90. The molecule has 0 aromatic heterocycles. The summed E-state index contributed by atoms with van der Waals surface area (Å²) in [5.41, 5.74) is 0.374. The van der Waals surface area contributed by atoms with Crippen LogP contribution >= 0.6 is 0 Å². The molecular weight excluding hydrogens is 355 g/mol. The van der Waals surface area contributed by atoms with Gasteiger partial charge in [0.05, 0.1) is 11.6 Å². The molecule has 0 heterocycles. The standard InChI is InChI=1S/C21H24F3NO2/c1-14(2)12-18(16-7-5-8-17(13-16)21(22,23)24)25-20(27)11-10-15-6-3-4-9-19(15)26/h3-9,13-14,18,26H,10-12H2,1-2H3,(H,25,27). The highest BCUT2D eigenvalue weighted by molar-refractivity contribution is 5.76. The van der Waals surface area contributed by atoms with E-state index in [9.17, 15) is 23.1 Å². The van der Waals surface area contributed by atoms with Crippen LogP contribution in [0, 0.1) is 5.92 Å². The van der Waals surface area contributed by atoms with Crippen LogP contribution in [-0.2, 0) is 17.4 Å². The zero-order valence-electron chi connectivity index (χ0n) is 15.4. The largest absolute Gasteiger partial charge is 0.508 e. The first kappa shape index (κ1) is 20.8. The smallest absolute Gasteiger partial charge is 0.416 e. The van der Waals surface area contributed by atoms with E-state index in [0.29, 0.717) is 24.0 Å². The number of phenols is 1. The van der Waals surface area contributed by atoms with E-state index in [4.69, 9.17) is 0 Å². The molecule has 1 atom stereocenters. The lowest BCUT2D eigenvalue weighted by Gasteiger charge is -2.22. The number of hydrogen-bond donors (Lipinski definition) is 2. The Bertz CT molecular complexity index is 772. The summed E-state index contributed by atoms with van der Waals surface area (Å²) >= 11 is 0. The number of amides is 1. The lowest BCUT2D eigenvalue weighted by molar-refractivity contribution is -0.137. The normalized spacial score (nSPS) is 12.8. The van der Waals surface area contributed by atoms with E-state index >= 15 is 0 Å². The van der Waals surface area contributed by atoms with Crippen LogP contribution in [0.4, 0.5) is 13.2 Å². The number of nitrogens with one attached hydrogen (secondary N) is 1. The fourth-order valence-electron chi connectivity index (χ4n) is 2.92. The summed E-state index contributed by atoms with van der Waals surface area (Å²) in [6.07, 6.45) is -3.39. The number of phenolic OH excluding ortho intramolecular Hbond substituents is 1. The van der Waals surface area contributed by atoms with Gasteiger partial charge in [-0.3, -0.25) is 4.79 Å². The van der Waals surface area contributed by atoms with Gasteiger partial charge in [0.1, 0.15) is 5.75 Å². The van der Waals surface area contributed by atoms with Crippen LogP contribution < -0.4 is 5.32 Å². The number of benzene rings is 2. The molecule has 1 amide bonds. The molecule has 0 saturated carbocycles. The van der Waals surface area contributed by atoms with E-state index in [1.54, 1.807) is 30.3 Å². The average molecular weight is 379 g/mol. The molecule has 146 valence electrons. The van der Waals surface area contributed by atoms with Gasteiger partial charge in [0.25, 0.3) is 0 Å². The zero-order chi connectivity index (χ0) is 20.0. The number of carbonyl (C=O) groups is 1. The van der Waals surface area contributed by atoms with Crippen LogP contribution in [0.15, 0.2) is 48.5 Å². The fraction of sp³-hybridized carbons (Fsp3) is 0.381. The molecular formula is C21H24F3NO2. The number of carbonyl (C=O) groups excluding carboxylic acids is 1. The van der Waals surface area contributed by atoms with Crippen LogP contribution in [0.5, 0.6) is 5.75 Å². The minimum absolute atomic E-state index is 0.127. The van der Waals surface area contributed by atoms with Gasteiger partial charge >= 0.3 is 6.18 Å². The first-order valence-corrected chi connectivity index (χ1v) is 8.90. The lowest BCUT2D eigenvalue weighted by Crippen LogP contribution is -2.30. The topological polar surface area (TPSA) is 49.3 Å². The van der Waals surface area contributed by atoms with Gasteiger partial charge in [-0.25, -0.2) is 0 Å². The Morgan fingerprint density at radius 1 is 1.11 bits per heavy atom. The lowest BCUT2D eigenvalue weighted by atomic mass is 9.95. The van der Waals surface area contributed by atoms with Crippen molar-refractivity contribution in [2.24, 2.45) is 5.92 Å². The molecule has 2 N–H and O–H groups in total. The maximum Gasteiger partial charge on any atom is 0.416 e. The maximum absolute atomic E-state index is 13.0. The van der Waals surface area contributed by atoms with Gasteiger partial charge in [-0.2, -0.15) is 13.2 Å². The Morgan fingerprint density at radius 3 is 2.44 bits per heavy atom. The van der Waals surface area contributed by atoms with Crippen molar-refractivity contribution in [3.63, 3.8) is 0 Å². The van der Waals surface area contributed by atoms with Crippen LogP contribution in [0.25, 0.3) is 0 Å². The molecule has 6 heteroatoms. The third-order valence-corrected chi connectivity index (χ3v) is 4.27. The van der Waals surface area contributed by atoms with E-state index in [0.717, 1.165) is 12.1 Å². The molecule has 0 spiro atoms. The van der Waals surface area contributed by atoms with Crippen molar-refractivity contribution in [3.05, 3.63) is 65.2 Å². The van der Waals surface area contributed by atoms with Crippen molar-refractivity contribution in [2.75, 3.05) is 0 Å². The van der Waals surface area contributed by atoms with Crippen molar-refractivity contribution in [1.82, 2.24) is 5.32 Å². The van der Waals surface area contributed by atoms with Crippen molar-refractivity contribution >= 4 is 5.91 Å². The second-order valence-electron chi connectivity index (χ2n) is 7.00. The van der Waals surface area contributed by atoms with Gasteiger partial charge in [-0.1, -0.05) is 44.2 Å². The molecule has 2 rings (SSSR count). The molecule has 27 heavy (non-hydrogen) atoms. The summed E-state index contributed by atoms with van der Waals surface area (Å²) in [7, 11) is 0. The summed E-state index contributed by atoms with van der Waals surface area (Å²) in [5, 5.41) is 12.6. The first-order chi connectivity index (χ1) is 12.7. The number of alkyl halides is 3. The summed E-state index contributed by atoms with van der Waals surface area (Å²) in [5.74, 6) is 0.0613. The highest BCUT2D eigenvalue weighted by atomic mass is 19.4. The van der Waals surface area contributed by atoms with Crippen LogP contribution in [0.3, 0.4) is 0 Å². The number of rotatable bonds is 7. The second-order valence-corrected chi connectivity index (χ2v) is 7.00. The molecule has 1 unspecified atom stereocenters. The van der Waals surface area contributed by atoms with Gasteiger partial charge in [-0.05, 0) is 48.1 Å². The zero-order valence-corrected chi connectivity index (χ0v) is 15.4. The summed E-state index contributed by atoms with van der Waals surface area (Å²) in [6, 6.07) is 11.3. The van der Waals surface area contributed by atoms with Crippen LogP contribution in [0.1, 0.15) is 49.4 Å². The minimum atomic E-state index is -4.42. The van der Waals surface area contributed by atoms with Crippen LogP contribution in [0.2, 0.25) is 0 Å². The van der Waals surface area contributed by atoms with E-state index < -0.39 is 17.8 Å². The summed E-state index contributed by atoms with van der Waals surface area (Å²) in [4.78, 5) is 12.4. The van der Waals surface area contributed by atoms with Gasteiger partial charge in [0.15, 0.2) is 0 Å². The quantitative estimate of drug-likeness (QED) is 0.691. The average Bonchev–Trinajstić information content (AvgIpc) is 2.59. The predicted molar refractivity (Wildman–Crippen MR) is 98.2 cm³/mol. The Balaban J connectivity index is 2.10. The summed E-state index contributed by atoms with van der Waals surface area (Å²) < 4.78 is 39.0. The third-order valence-electron chi connectivity index (χ3n) is 4.27. The molecule has 0 fully saturated rings. The Hall–Kier alpha value is -2.50. The molecule has 0 aliphatic carbocycles. The molecule has 0 radical (unpaired) electrons. The molecule has 2 aromatic carbocycles. The second kappa shape index (κ2) is 8.93. The Labute approximate surface area is 157 Å². The Kier molecular flexibility index (Phi) is 6.88. The van der Waals surface area contributed by atoms with E-state index in [2.05, 4.69) is 5.32 Å². The van der Waals surface area contributed by atoms with Crippen molar-refractivity contribution in [1.29, 1.82) is 0 Å². The highest BCUT2D eigenvalue weighted by Gasteiger charge is 2.31. The number of hydrogen-bond acceptors (Lipinski definition) is 2. The van der Waals surface area contributed by atoms with Crippen molar-refractivity contribution in [2.45, 2.75) is 45.3 Å². The molecule has 0 saturated heterocycles. The molecule has 0 aliphatic heterocycles. The predicted octanol–water partition coefficient (Wildman–Crippen LogP) is 5.25. The minimum Gasteiger partial charge on any atom is -0.508 e. The number of para-hydroxylation sites is 1. The van der Waals surface area contributed by atoms with E-state index in [-0.39, 0.29) is 24.0 Å². The van der Waals surface area contributed by atoms with Gasteiger partial charge < -0.3 is 10.4 Å². The third kappa shape index (κ3) is 6.31. The van der Waals surface area contributed by atoms with Crippen LogP contribution in [-0.4, -0.2) is 11.0 Å². The van der Waals surface area contributed by atoms with E-state index in [1.807, 2.05) is 13.8 Å². The number of aryl methyl sites for hydroxylation is 1. The number of halogens is 3. The van der Waals surface area contributed by atoms with E-state index in [1.165, 1.54) is 6.07 Å².